The van der Waals surface area contributed by atoms with Crippen molar-refractivity contribution in [3.05, 3.63) is 24.3 Å². The van der Waals surface area contributed by atoms with Crippen LogP contribution in [-0.4, -0.2) is 17.3 Å². The zero-order chi connectivity index (χ0) is 13.6. The molecule has 0 heterocycles. The SMILES string of the molecule is O=C1C=CC(=O)[C@H]2[C@@H]3C[C@H]([C@@H]12)[C@H]1[C@@H]3[C@H]2C=C[C@@H]1C(=O)C2. The van der Waals surface area contributed by atoms with Crippen LogP contribution in [0, 0.1) is 47.3 Å². The molecule has 0 saturated heterocycles. The lowest BCUT2D eigenvalue weighted by molar-refractivity contribution is -0.141. The number of hydrogen-bond donors (Lipinski definition) is 0. The summed E-state index contributed by atoms with van der Waals surface area (Å²) in [5, 5.41) is 0. The van der Waals surface area contributed by atoms with Crippen LogP contribution in [0.25, 0.3) is 0 Å². The molecule has 0 aromatic rings. The molecule has 3 fully saturated rings. The highest BCUT2D eigenvalue weighted by atomic mass is 16.1. The Morgan fingerprint density at radius 2 is 1.50 bits per heavy atom. The highest BCUT2D eigenvalue weighted by Crippen LogP contribution is 2.66. The fourth-order valence-electron chi connectivity index (χ4n) is 6.19. The van der Waals surface area contributed by atoms with Crippen molar-refractivity contribution in [2.75, 3.05) is 0 Å². The lowest BCUT2D eigenvalue weighted by atomic mass is 9.52. The fourth-order valence-corrected chi connectivity index (χ4v) is 6.19. The summed E-state index contributed by atoms with van der Waals surface area (Å²) in [6, 6.07) is 0. The van der Waals surface area contributed by atoms with E-state index in [1.165, 1.54) is 12.2 Å². The molecular weight excluding hydrogens is 252 g/mol. The number of fused-ring (bicyclic) bond motifs is 6. The summed E-state index contributed by atoms with van der Waals surface area (Å²) in [4.78, 5) is 36.6. The van der Waals surface area contributed by atoms with Crippen molar-refractivity contribution in [1.82, 2.24) is 0 Å². The monoisotopic (exact) mass is 268 g/mol. The molecule has 3 saturated carbocycles. The van der Waals surface area contributed by atoms with Crippen LogP contribution in [0.15, 0.2) is 24.3 Å². The van der Waals surface area contributed by atoms with Crippen LogP contribution < -0.4 is 0 Å². The Labute approximate surface area is 117 Å². The largest absolute Gasteiger partial charge is 0.299 e. The normalized spacial score (nSPS) is 54.5. The summed E-state index contributed by atoms with van der Waals surface area (Å²) in [6.45, 7) is 0. The zero-order valence-corrected chi connectivity index (χ0v) is 11.1. The Morgan fingerprint density at radius 1 is 0.850 bits per heavy atom. The molecule has 102 valence electrons. The fraction of sp³-hybridized carbons (Fsp3) is 0.588. The number of carbonyl (C=O) groups is 3. The van der Waals surface area contributed by atoms with Crippen LogP contribution in [0.4, 0.5) is 0 Å². The van der Waals surface area contributed by atoms with Gasteiger partial charge in [0, 0.05) is 24.2 Å². The molecule has 0 aromatic heterocycles. The highest BCUT2D eigenvalue weighted by Gasteiger charge is 2.67. The zero-order valence-electron chi connectivity index (χ0n) is 11.1. The molecule has 6 rings (SSSR count). The van der Waals surface area contributed by atoms with Crippen LogP contribution in [0.5, 0.6) is 0 Å². The summed E-state index contributed by atoms with van der Waals surface area (Å²) in [5.41, 5.74) is 0. The minimum atomic E-state index is -0.126. The Hall–Kier alpha value is -1.51. The van der Waals surface area contributed by atoms with Gasteiger partial charge in [0.1, 0.15) is 5.78 Å². The smallest absolute Gasteiger partial charge is 0.159 e. The van der Waals surface area contributed by atoms with Gasteiger partial charge in [-0.15, -0.1) is 0 Å². The third-order valence-corrected chi connectivity index (χ3v) is 6.64. The van der Waals surface area contributed by atoms with E-state index < -0.39 is 0 Å². The van der Waals surface area contributed by atoms with E-state index in [0.29, 0.717) is 35.9 Å². The van der Waals surface area contributed by atoms with Gasteiger partial charge < -0.3 is 0 Å². The molecule has 3 heteroatoms. The molecule has 0 aromatic carbocycles. The van der Waals surface area contributed by atoms with Gasteiger partial charge in [-0.2, -0.15) is 0 Å². The summed E-state index contributed by atoms with van der Waals surface area (Å²) in [5.74, 6) is 2.17. The van der Waals surface area contributed by atoms with Crippen molar-refractivity contribution in [3.63, 3.8) is 0 Å². The lowest BCUT2D eigenvalue weighted by Crippen LogP contribution is -2.52. The highest BCUT2D eigenvalue weighted by molar-refractivity contribution is 6.08. The van der Waals surface area contributed by atoms with Gasteiger partial charge >= 0.3 is 0 Å². The van der Waals surface area contributed by atoms with Crippen molar-refractivity contribution < 1.29 is 14.4 Å². The van der Waals surface area contributed by atoms with Gasteiger partial charge in [0.2, 0.25) is 0 Å². The average molecular weight is 268 g/mol. The van der Waals surface area contributed by atoms with Crippen molar-refractivity contribution >= 4 is 17.3 Å². The van der Waals surface area contributed by atoms with E-state index in [4.69, 9.17) is 0 Å². The van der Waals surface area contributed by atoms with Gasteiger partial charge in [-0.25, -0.2) is 0 Å². The van der Waals surface area contributed by atoms with Gasteiger partial charge in [-0.1, -0.05) is 12.2 Å². The number of allylic oxidation sites excluding steroid dienone is 4. The summed E-state index contributed by atoms with van der Waals surface area (Å²) in [6.07, 6.45) is 8.87. The molecule has 0 amide bonds. The number of carbonyl (C=O) groups excluding carboxylic acids is 3. The van der Waals surface area contributed by atoms with Crippen molar-refractivity contribution in [2.45, 2.75) is 12.8 Å². The average Bonchev–Trinajstić information content (AvgIpc) is 3.01. The quantitative estimate of drug-likeness (QED) is 0.627. The molecule has 6 aliphatic carbocycles. The van der Waals surface area contributed by atoms with Crippen LogP contribution in [0.1, 0.15) is 12.8 Å². The molecule has 0 radical (unpaired) electrons. The number of Topliss-reactive ketones (excluding diaryl/α,β-unsaturated/α-hetero) is 1. The first-order valence-corrected chi connectivity index (χ1v) is 7.63. The second kappa shape index (κ2) is 3.38. The summed E-state index contributed by atoms with van der Waals surface area (Å²) < 4.78 is 0. The van der Waals surface area contributed by atoms with E-state index in [-0.39, 0.29) is 35.2 Å². The second-order valence-corrected chi connectivity index (χ2v) is 7.15. The lowest BCUT2D eigenvalue weighted by Gasteiger charge is -2.50. The van der Waals surface area contributed by atoms with Crippen molar-refractivity contribution in [2.24, 2.45) is 47.3 Å². The van der Waals surface area contributed by atoms with Crippen molar-refractivity contribution in [3.8, 4) is 0 Å². The minimum absolute atomic E-state index is 0.0229. The molecule has 0 N–H and O–H groups in total. The van der Waals surface area contributed by atoms with Gasteiger partial charge in [-0.05, 0) is 48.2 Å². The summed E-state index contributed by atoms with van der Waals surface area (Å²) in [7, 11) is 0. The van der Waals surface area contributed by atoms with Gasteiger partial charge in [0.05, 0.1) is 0 Å². The number of rotatable bonds is 0. The first-order chi connectivity index (χ1) is 9.66. The van der Waals surface area contributed by atoms with E-state index in [1.807, 2.05) is 0 Å². The molecule has 0 aliphatic heterocycles. The van der Waals surface area contributed by atoms with Crippen LogP contribution >= 0.6 is 0 Å². The molecule has 0 spiro atoms. The predicted molar refractivity (Wildman–Crippen MR) is 70.5 cm³/mol. The van der Waals surface area contributed by atoms with E-state index in [2.05, 4.69) is 12.2 Å². The van der Waals surface area contributed by atoms with Crippen molar-refractivity contribution in [1.29, 1.82) is 0 Å². The van der Waals surface area contributed by atoms with Crippen LogP contribution in [-0.2, 0) is 14.4 Å². The third-order valence-electron chi connectivity index (χ3n) is 6.64. The standard InChI is InChI=1S/C17H16O3/c18-11-3-4-12(19)17-10-6-9(16(11)17)14-7-1-2-8(15(10)14)13(20)5-7/h1-4,7-10,14-17H,5-6H2/t7-,8+,9+,10-,14+,15-,16+,17-/m0/s1. The maximum atomic E-state index is 12.2. The Bertz CT molecular complexity index is 614. The Kier molecular flexibility index (Phi) is 1.89. The van der Waals surface area contributed by atoms with Gasteiger partial charge in [0.25, 0.3) is 0 Å². The third kappa shape index (κ3) is 1.08. The Balaban J connectivity index is 1.63. The van der Waals surface area contributed by atoms with E-state index in [1.54, 1.807) is 0 Å². The van der Waals surface area contributed by atoms with Gasteiger partial charge in [0.15, 0.2) is 11.6 Å². The molecule has 3 nitrogen and oxygen atoms in total. The minimum Gasteiger partial charge on any atom is -0.299 e. The number of ketones is 3. The maximum absolute atomic E-state index is 12.2. The molecule has 4 bridgehead atoms. The topological polar surface area (TPSA) is 51.2 Å². The maximum Gasteiger partial charge on any atom is 0.159 e. The van der Waals surface area contributed by atoms with E-state index >= 15 is 0 Å². The molecule has 8 atom stereocenters. The van der Waals surface area contributed by atoms with Crippen LogP contribution in [0.2, 0.25) is 0 Å². The first kappa shape index (κ1) is 11.2. The van der Waals surface area contributed by atoms with Crippen LogP contribution in [0.3, 0.4) is 0 Å². The van der Waals surface area contributed by atoms with Gasteiger partial charge in [-0.3, -0.25) is 14.4 Å². The molecular formula is C17H16O3. The number of hydrogen-bond acceptors (Lipinski definition) is 3. The molecule has 0 unspecified atom stereocenters. The second-order valence-electron chi connectivity index (χ2n) is 7.15. The first-order valence-electron chi connectivity index (χ1n) is 7.63. The van der Waals surface area contributed by atoms with E-state index in [9.17, 15) is 14.4 Å². The predicted octanol–water partition coefficient (Wildman–Crippen LogP) is 1.58. The molecule has 20 heavy (non-hydrogen) atoms. The summed E-state index contributed by atoms with van der Waals surface area (Å²) >= 11 is 0. The van der Waals surface area contributed by atoms with E-state index in [0.717, 1.165) is 6.42 Å². The molecule has 6 aliphatic rings. The Morgan fingerprint density at radius 3 is 2.15 bits per heavy atom.